The fourth-order valence-corrected chi connectivity index (χ4v) is 3.21. The van der Waals surface area contributed by atoms with Crippen LogP contribution in [0.3, 0.4) is 0 Å². The number of aryl methyl sites for hydroxylation is 1. The van der Waals surface area contributed by atoms with Crippen molar-refractivity contribution >= 4 is 22.8 Å². The molecular formula is C17H19FN6. The molecule has 0 aliphatic carbocycles. The number of halogens is 1. The summed E-state index contributed by atoms with van der Waals surface area (Å²) >= 11 is 0. The van der Waals surface area contributed by atoms with Crippen molar-refractivity contribution in [2.45, 2.75) is 0 Å². The second kappa shape index (κ2) is 5.76. The van der Waals surface area contributed by atoms with Gasteiger partial charge in [0, 0.05) is 33.2 Å². The highest BCUT2D eigenvalue weighted by atomic mass is 19.1. The second-order valence-electron chi connectivity index (χ2n) is 5.98. The van der Waals surface area contributed by atoms with Crippen LogP contribution in [0.25, 0.3) is 22.3 Å². The summed E-state index contributed by atoms with van der Waals surface area (Å²) in [6.07, 6.45) is 0. The minimum Gasteiger partial charge on any atom is -0.368 e. The Morgan fingerprint density at radius 3 is 2.54 bits per heavy atom. The van der Waals surface area contributed by atoms with E-state index in [1.165, 1.54) is 12.1 Å². The zero-order valence-electron chi connectivity index (χ0n) is 13.5. The summed E-state index contributed by atoms with van der Waals surface area (Å²) in [6.45, 7) is 3.60. The fraction of sp³-hybridized carbons (Fsp3) is 0.294. The van der Waals surface area contributed by atoms with E-state index in [-0.39, 0.29) is 11.8 Å². The molecule has 1 aliphatic rings. The minimum atomic E-state index is -0.247. The molecule has 1 fully saturated rings. The largest absolute Gasteiger partial charge is 0.368 e. The van der Waals surface area contributed by atoms with Crippen molar-refractivity contribution < 1.29 is 4.39 Å². The average Bonchev–Trinajstić information content (AvgIpc) is 2.93. The van der Waals surface area contributed by atoms with Crippen molar-refractivity contribution in [1.82, 2.24) is 19.9 Å². The number of benzene rings is 1. The van der Waals surface area contributed by atoms with Gasteiger partial charge in [-0.3, -0.25) is 0 Å². The van der Waals surface area contributed by atoms with Crippen molar-refractivity contribution in [3.63, 3.8) is 0 Å². The van der Waals surface area contributed by atoms with Crippen molar-refractivity contribution in [2.75, 3.05) is 36.8 Å². The molecule has 0 amide bonds. The van der Waals surface area contributed by atoms with Gasteiger partial charge >= 0.3 is 0 Å². The van der Waals surface area contributed by atoms with E-state index in [0.717, 1.165) is 54.3 Å². The van der Waals surface area contributed by atoms with Crippen LogP contribution in [-0.4, -0.2) is 40.7 Å². The Morgan fingerprint density at radius 1 is 1.12 bits per heavy atom. The Labute approximate surface area is 139 Å². The average molecular weight is 326 g/mol. The Kier molecular flexibility index (Phi) is 3.57. The number of piperazine rings is 1. The summed E-state index contributed by atoms with van der Waals surface area (Å²) in [5, 5.41) is 4.30. The Bertz CT molecular complexity index is 880. The first-order valence-electron chi connectivity index (χ1n) is 7.98. The second-order valence-corrected chi connectivity index (χ2v) is 5.98. The Balaban J connectivity index is 1.89. The lowest BCUT2D eigenvalue weighted by Gasteiger charge is -2.28. The maximum Gasteiger partial charge on any atom is 0.224 e. The quantitative estimate of drug-likeness (QED) is 0.751. The molecule has 0 bridgehead atoms. The highest BCUT2D eigenvalue weighted by molar-refractivity contribution is 5.93. The molecule has 7 heteroatoms. The van der Waals surface area contributed by atoms with Crippen molar-refractivity contribution in [3.8, 4) is 11.3 Å². The number of aromatic nitrogens is 3. The van der Waals surface area contributed by atoms with Crippen LogP contribution in [0.4, 0.5) is 16.2 Å². The molecule has 0 unspecified atom stereocenters. The number of nitrogens with two attached hydrogens (primary N) is 1. The summed E-state index contributed by atoms with van der Waals surface area (Å²) < 4.78 is 15.2. The molecule has 2 aromatic heterocycles. The van der Waals surface area contributed by atoms with Crippen molar-refractivity contribution in [1.29, 1.82) is 0 Å². The number of hydrogen-bond acceptors (Lipinski definition) is 5. The van der Waals surface area contributed by atoms with Gasteiger partial charge in [0.05, 0.1) is 11.1 Å². The molecule has 3 heterocycles. The van der Waals surface area contributed by atoms with Crippen LogP contribution in [-0.2, 0) is 7.05 Å². The molecule has 1 aromatic carbocycles. The predicted molar refractivity (Wildman–Crippen MR) is 93.4 cm³/mol. The molecule has 0 atom stereocenters. The molecule has 3 aromatic rings. The lowest BCUT2D eigenvalue weighted by atomic mass is 10.1. The molecule has 3 N–H and O–H groups in total. The summed E-state index contributed by atoms with van der Waals surface area (Å²) in [5.41, 5.74) is 8.62. The van der Waals surface area contributed by atoms with E-state index in [2.05, 4.69) is 26.3 Å². The molecule has 0 saturated carbocycles. The number of nitrogen functional groups attached to an aromatic ring is 1. The van der Waals surface area contributed by atoms with Gasteiger partial charge in [0.15, 0.2) is 0 Å². The predicted octanol–water partition coefficient (Wildman–Crippen LogP) is 1.77. The van der Waals surface area contributed by atoms with Gasteiger partial charge in [-0.15, -0.1) is 0 Å². The number of hydrogen-bond donors (Lipinski definition) is 2. The smallest absolute Gasteiger partial charge is 0.224 e. The van der Waals surface area contributed by atoms with Crippen LogP contribution in [0.5, 0.6) is 0 Å². The zero-order valence-corrected chi connectivity index (χ0v) is 13.5. The standard InChI is InChI=1S/C17H19FN6/c1-23-14(11-2-4-12(18)5-3-11)10-13-15(23)21-17(19)22-16(13)24-8-6-20-7-9-24/h2-5,10,20H,6-9H2,1H3,(H2,19,21,22). The maximum atomic E-state index is 13.2. The lowest BCUT2D eigenvalue weighted by molar-refractivity contribution is 0.586. The van der Waals surface area contributed by atoms with Gasteiger partial charge in [-0.05, 0) is 35.9 Å². The van der Waals surface area contributed by atoms with Gasteiger partial charge in [0.25, 0.3) is 0 Å². The monoisotopic (exact) mass is 326 g/mol. The van der Waals surface area contributed by atoms with Crippen molar-refractivity contribution in [3.05, 3.63) is 36.1 Å². The summed E-state index contributed by atoms with van der Waals surface area (Å²) in [5.74, 6) is 0.883. The molecule has 1 saturated heterocycles. The summed E-state index contributed by atoms with van der Waals surface area (Å²) in [7, 11) is 1.94. The topological polar surface area (TPSA) is 72.0 Å². The van der Waals surface area contributed by atoms with E-state index in [1.807, 2.05) is 11.6 Å². The molecule has 0 spiro atoms. The molecular weight excluding hydrogens is 307 g/mol. The number of nitrogens with zero attached hydrogens (tertiary/aromatic N) is 4. The molecule has 24 heavy (non-hydrogen) atoms. The van der Waals surface area contributed by atoms with Gasteiger partial charge < -0.3 is 20.5 Å². The van der Waals surface area contributed by atoms with Gasteiger partial charge in [0.2, 0.25) is 5.95 Å². The Hall–Kier alpha value is -2.67. The number of rotatable bonds is 2. The van der Waals surface area contributed by atoms with Crippen LogP contribution < -0.4 is 16.0 Å². The zero-order chi connectivity index (χ0) is 16.7. The van der Waals surface area contributed by atoms with Crippen LogP contribution in [0.2, 0.25) is 0 Å². The first kappa shape index (κ1) is 14.9. The van der Waals surface area contributed by atoms with Gasteiger partial charge in [-0.2, -0.15) is 9.97 Å². The van der Waals surface area contributed by atoms with Gasteiger partial charge in [0.1, 0.15) is 17.3 Å². The van der Waals surface area contributed by atoms with E-state index < -0.39 is 0 Å². The molecule has 6 nitrogen and oxygen atoms in total. The lowest BCUT2D eigenvalue weighted by Crippen LogP contribution is -2.44. The normalized spacial score (nSPS) is 15.2. The highest BCUT2D eigenvalue weighted by Crippen LogP contribution is 2.32. The first-order valence-corrected chi connectivity index (χ1v) is 7.98. The summed E-state index contributed by atoms with van der Waals surface area (Å²) in [6, 6.07) is 8.52. The SMILES string of the molecule is Cn1c(-c2ccc(F)cc2)cc2c(N3CCNCC3)nc(N)nc21. The van der Waals surface area contributed by atoms with E-state index >= 15 is 0 Å². The molecule has 0 radical (unpaired) electrons. The van der Waals surface area contributed by atoms with E-state index in [9.17, 15) is 4.39 Å². The third-order valence-corrected chi connectivity index (χ3v) is 4.44. The third-order valence-electron chi connectivity index (χ3n) is 4.44. The van der Waals surface area contributed by atoms with Crippen LogP contribution >= 0.6 is 0 Å². The van der Waals surface area contributed by atoms with Gasteiger partial charge in [-0.25, -0.2) is 4.39 Å². The Morgan fingerprint density at radius 2 is 1.83 bits per heavy atom. The highest BCUT2D eigenvalue weighted by Gasteiger charge is 2.20. The van der Waals surface area contributed by atoms with Gasteiger partial charge in [-0.1, -0.05) is 0 Å². The van der Waals surface area contributed by atoms with Crippen LogP contribution in [0.15, 0.2) is 30.3 Å². The number of anilines is 2. The van der Waals surface area contributed by atoms with E-state index in [4.69, 9.17) is 5.73 Å². The fourth-order valence-electron chi connectivity index (χ4n) is 3.21. The number of nitrogens with one attached hydrogen (secondary N) is 1. The molecule has 4 rings (SSSR count). The molecule has 1 aliphatic heterocycles. The number of fused-ring (bicyclic) bond motifs is 1. The van der Waals surface area contributed by atoms with E-state index in [1.54, 1.807) is 12.1 Å². The minimum absolute atomic E-state index is 0.247. The van der Waals surface area contributed by atoms with E-state index in [0.29, 0.717) is 0 Å². The van der Waals surface area contributed by atoms with Crippen molar-refractivity contribution in [2.24, 2.45) is 7.05 Å². The summed E-state index contributed by atoms with van der Waals surface area (Å²) in [4.78, 5) is 11.1. The maximum absolute atomic E-state index is 13.2. The van der Waals surface area contributed by atoms with Crippen LogP contribution in [0.1, 0.15) is 0 Å². The van der Waals surface area contributed by atoms with Crippen LogP contribution in [0, 0.1) is 5.82 Å². The first-order chi connectivity index (χ1) is 11.6. The third kappa shape index (κ3) is 2.46. The molecule has 124 valence electrons.